The van der Waals surface area contributed by atoms with Crippen molar-refractivity contribution in [1.82, 2.24) is 0 Å². The number of rotatable bonds is 4. The third-order valence-electron chi connectivity index (χ3n) is 4.34. The van der Waals surface area contributed by atoms with E-state index in [1.807, 2.05) is 13.8 Å². The molecular formula is C15H24N2O3S. The van der Waals surface area contributed by atoms with E-state index in [1.54, 1.807) is 19.2 Å². The second-order valence-electron chi connectivity index (χ2n) is 5.81. The van der Waals surface area contributed by atoms with Crippen LogP contribution in [0.1, 0.15) is 36.8 Å². The lowest BCUT2D eigenvalue weighted by Crippen LogP contribution is -2.29. The van der Waals surface area contributed by atoms with Crippen LogP contribution in [-0.4, -0.2) is 27.7 Å². The summed E-state index contributed by atoms with van der Waals surface area (Å²) in [4.78, 5) is 0.165. The maximum atomic E-state index is 11.6. The minimum atomic E-state index is -3.68. The van der Waals surface area contributed by atoms with E-state index in [0.717, 1.165) is 42.5 Å². The number of aryl methyl sites for hydroxylation is 1. The third kappa shape index (κ3) is 3.96. The molecule has 1 aromatic rings. The Bertz CT molecular complexity index is 606. The summed E-state index contributed by atoms with van der Waals surface area (Å²) in [5, 5.41) is 8.71. The molecule has 6 heteroatoms. The van der Waals surface area contributed by atoms with Crippen LogP contribution in [0.4, 0.5) is 5.69 Å². The van der Waals surface area contributed by atoms with E-state index in [-0.39, 0.29) is 4.90 Å². The first kappa shape index (κ1) is 16.3. The molecule has 21 heavy (non-hydrogen) atoms. The van der Waals surface area contributed by atoms with Crippen LogP contribution in [0, 0.1) is 13.8 Å². The predicted octanol–water partition coefficient (Wildman–Crippen LogP) is 2.32. The number of nitrogens with two attached hydrogens (primary N) is 1. The van der Waals surface area contributed by atoms with Gasteiger partial charge in [0.1, 0.15) is 0 Å². The lowest BCUT2D eigenvalue weighted by Gasteiger charge is -2.29. The van der Waals surface area contributed by atoms with Crippen molar-refractivity contribution in [3.8, 4) is 0 Å². The molecule has 0 heterocycles. The van der Waals surface area contributed by atoms with Crippen LogP contribution in [0.5, 0.6) is 0 Å². The molecule has 1 aromatic carbocycles. The summed E-state index contributed by atoms with van der Waals surface area (Å²) in [6.45, 7) is 3.89. The molecule has 1 aliphatic carbocycles. The van der Waals surface area contributed by atoms with E-state index >= 15 is 0 Å². The standard InChI is InChI=1S/C15H24N2O3S/c1-10-8-14(21(16,18)19)9-15(11(10)2)17-12-4-6-13(20-3)7-5-12/h8-9,12-13,17H,4-7H2,1-3H3,(H2,16,18,19). The Morgan fingerprint density at radius 1 is 1.19 bits per heavy atom. The van der Waals surface area contributed by atoms with Crippen LogP contribution in [0.3, 0.4) is 0 Å². The highest BCUT2D eigenvalue weighted by atomic mass is 32.2. The summed E-state index contributed by atoms with van der Waals surface area (Å²) < 4.78 is 28.5. The van der Waals surface area contributed by atoms with Crippen LogP contribution < -0.4 is 10.5 Å². The molecule has 0 atom stereocenters. The van der Waals surface area contributed by atoms with Gasteiger partial charge in [-0.05, 0) is 62.8 Å². The number of primary sulfonamides is 1. The number of anilines is 1. The maximum Gasteiger partial charge on any atom is 0.238 e. The molecule has 1 fully saturated rings. The second kappa shape index (κ2) is 6.34. The highest BCUT2D eigenvalue weighted by Gasteiger charge is 2.22. The number of hydrogen-bond donors (Lipinski definition) is 2. The van der Waals surface area contributed by atoms with Crippen LogP contribution >= 0.6 is 0 Å². The summed E-state index contributed by atoms with van der Waals surface area (Å²) in [6, 6.07) is 3.61. The third-order valence-corrected chi connectivity index (χ3v) is 5.23. The van der Waals surface area contributed by atoms with Crippen molar-refractivity contribution >= 4 is 15.7 Å². The molecule has 5 nitrogen and oxygen atoms in total. The summed E-state index contributed by atoms with van der Waals surface area (Å²) in [5.41, 5.74) is 2.85. The van der Waals surface area contributed by atoms with Gasteiger partial charge >= 0.3 is 0 Å². The van der Waals surface area contributed by atoms with Crippen molar-refractivity contribution in [2.75, 3.05) is 12.4 Å². The minimum absolute atomic E-state index is 0.165. The van der Waals surface area contributed by atoms with Crippen molar-refractivity contribution in [2.24, 2.45) is 5.14 Å². The number of nitrogens with one attached hydrogen (secondary N) is 1. The quantitative estimate of drug-likeness (QED) is 0.894. The van der Waals surface area contributed by atoms with Crippen LogP contribution in [-0.2, 0) is 14.8 Å². The van der Waals surface area contributed by atoms with Crippen LogP contribution in [0.2, 0.25) is 0 Å². The zero-order chi connectivity index (χ0) is 15.6. The maximum absolute atomic E-state index is 11.6. The lowest BCUT2D eigenvalue weighted by atomic mass is 9.92. The van der Waals surface area contributed by atoms with Crippen LogP contribution in [0.15, 0.2) is 17.0 Å². The number of sulfonamides is 1. The van der Waals surface area contributed by atoms with Gasteiger partial charge in [-0.1, -0.05) is 0 Å². The molecule has 2 rings (SSSR count). The first-order valence-corrected chi connectivity index (χ1v) is 8.79. The van der Waals surface area contributed by atoms with E-state index in [0.29, 0.717) is 12.1 Å². The van der Waals surface area contributed by atoms with Gasteiger partial charge in [-0.25, -0.2) is 13.6 Å². The van der Waals surface area contributed by atoms with Gasteiger partial charge in [0, 0.05) is 18.8 Å². The molecular weight excluding hydrogens is 288 g/mol. The highest BCUT2D eigenvalue weighted by molar-refractivity contribution is 7.89. The fourth-order valence-corrected chi connectivity index (χ4v) is 3.43. The van der Waals surface area contributed by atoms with Gasteiger partial charge in [-0.2, -0.15) is 0 Å². The minimum Gasteiger partial charge on any atom is -0.382 e. The molecule has 0 radical (unpaired) electrons. The van der Waals surface area contributed by atoms with Gasteiger partial charge in [0.2, 0.25) is 10.0 Å². The average Bonchev–Trinajstić information content (AvgIpc) is 2.43. The SMILES string of the molecule is COC1CCC(Nc2cc(S(N)(=O)=O)cc(C)c2C)CC1. The van der Waals surface area contributed by atoms with Crippen molar-refractivity contribution in [2.45, 2.75) is 56.6 Å². The molecule has 0 aliphatic heterocycles. The topological polar surface area (TPSA) is 81.4 Å². The number of hydrogen-bond acceptors (Lipinski definition) is 4. The van der Waals surface area contributed by atoms with E-state index in [1.165, 1.54) is 0 Å². The zero-order valence-electron chi connectivity index (χ0n) is 12.8. The van der Waals surface area contributed by atoms with Crippen molar-refractivity contribution in [1.29, 1.82) is 0 Å². The molecule has 0 amide bonds. The molecule has 1 aliphatic rings. The Labute approximate surface area is 126 Å². The smallest absolute Gasteiger partial charge is 0.238 e. The molecule has 0 spiro atoms. The van der Waals surface area contributed by atoms with Crippen molar-refractivity contribution in [3.05, 3.63) is 23.3 Å². The molecule has 0 bridgehead atoms. The Hall–Kier alpha value is -1.11. The molecule has 0 aromatic heterocycles. The normalized spacial score (nSPS) is 23.0. The fraction of sp³-hybridized carbons (Fsp3) is 0.600. The molecule has 3 N–H and O–H groups in total. The summed E-state index contributed by atoms with van der Waals surface area (Å²) >= 11 is 0. The second-order valence-corrected chi connectivity index (χ2v) is 7.37. The van der Waals surface area contributed by atoms with Gasteiger partial charge in [0.05, 0.1) is 11.0 Å². The molecule has 0 unspecified atom stereocenters. The highest BCUT2D eigenvalue weighted by Crippen LogP contribution is 2.28. The Kier molecular flexibility index (Phi) is 4.91. The Morgan fingerprint density at radius 3 is 2.33 bits per heavy atom. The predicted molar refractivity (Wildman–Crippen MR) is 84.0 cm³/mol. The first-order valence-electron chi connectivity index (χ1n) is 7.24. The molecule has 118 valence electrons. The van der Waals surface area contributed by atoms with Gasteiger partial charge in [0.25, 0.3) is 0 Å². The summed E-state index contributed by atoms with van der Waals surface area (Å²) in [6.07, 6.45) is 4.46. The average molecular weight is 312 g/mol. The van der Waals surface area contributed by atoms with E-state index in [4.69, 9.17) is 9.88 Å². The zero-order valence-corrected chi connectivity index (χ0v) is 13.7. The first-order chi connectivity index (χ1) is 9.81. The van der Waals surface area contributed by atoms with Crippen LogP contribution in [0.25, 0.3) is 0 Å². The van der Waals surface area contributed by atoms with Crippen molar-refractivity contribution < 1.29 is 13.2 Å². The van der Waals surface area contributed by atoms with E-state index in [2.05, 4.69) is 5.32 Å². The summed E-state index contributed by atoms with van der Waals surface area (Å²) in [5.74, 6) is 0. The van der Waals surface area contributed by atoms with Gasteiger partial charge in [-0.3, -0.25) is 0 Å². The number of ether oxygens (including phenoxy) is 1. The number of methoxy groups -OCH3 is 1. The monoisotopic (exact) mass is 312 g/mol. The molecule has 0 saturated heterocycles. The Morgan fingerprint density at radius 2 is 1.81 bits per heavy atom. The van der Waals surface area contributed by atoms with Gasteiger partial charge in [0.15, 0.2) is 0 Å². The van der Waals surface area contributed by atoms with E-state index < -0.39 is 10.0 Å². The van der Waals surface area contributed by atoms with Gasteiger partial charge in [-0.15, -0.1) is 0 Å². The number of benzene rings is 1. The fourth-order valence-electron chi connectivity index (χ4n) is 2.80. The van der Waals surface area contributed by atoms with Gasteiger partial charge < -0.3 is 10.1 Å². The Balaban J connectivity index is 2.18. The summed E-state index contributed by atoms with van der Waals surface area (Å²) in [7, 11) is -1.93. The van der Waals surface area contributed by atoms with E-state index in [9.17, 15) is 8.42 Å². The largest absolute Gasteiger partial charge is 0.382 e. The lowest BCUT2D eigenvalue weighted by molar-refractivity contribution is 0.0682. The van der Waals surface area contributed by atoms with Crippen molar-refractivity contribution in [3.63, 3.8) is 0 Å². The molecule has 1 saturated carbocycles.